The van der Waals surface area contributed by atoms with Crippen LogP contribution in [0.1, 0.15) is 45.9 Å². The highest BCUT2D eigenvalue weighted by Crippen LogP contribution is 2.33. The van der Waals surface area contributed by atoms with Crippen molar-refractivity contribution in [1.82, 2.24) is 20.4 Å². The molecule has 0 atom stereocenters. The molecular weight excluding hydrogens is 415 g/mol. The maximum Gasteiger partial charge on any atom is 0.450 e. The number of nitrogens with one attached hydrogen (secondary N) is 1. The summed E-state index contributed by atoms with van der Waals surface area (Å²) in [5.74, 6) is -0.994. The van der Waals surface area contributed by atoms with E-state index in [9.17, 15) is 22.8 Å². The van der Waals surface area contributed by atoms with Gasteiger partial charge in [-0.3, -0.25) is 9.59 Å². The number of alkyl halides is 3. The molecule has 2 aliphatic rings. The lowest BCUT2D eigenvalue weighted by Crippen LogP contribution is -2.49. The second-order valence-corrected chi connectivity index (χ2v) is 7.71. The lowest BCUT2D eigenvalue weighted by atomic mass is 10.2. The zero-order chi connectivity index (χ0) is 22.0. The number of hydrogen-bond acceptors (Lipinski definition) is 6. The van der Waals surface area contributed by atoms with Crippen LogP contribution in [0.25, 0.3) is 0 Å². The Labute approximate surface area is 176 Å². The molecule has 3 heterocycles. The van der Waals surface area contributed by atoms with E-state index in [1.807, 2.05) is 4.90 Å². The van der Waals surface area contributed by atoms with Crippen molar-refractivity contribution in [1.29, 1.82) is 0 Å². The van der Waals surface area contributed by atoms with E-state index < -0.39 is 23.4 Å². The van der Waals surface area contributed by atoms with Gasteiger partial charge in [-0.15, -0.1) is 10.2 Å². The van der Waals surface area contributed by atoms with E-state index in [2.05, 4.69) is 19.9 Å². The number of piperazine rings is 1. The summed E-state index contributed by atoms with van der Waals surface area (Å²) in [6.45, 7) is 1.84. The van der Waals surface area contributed by atoms with Gasteiger partial charge in [0.25, 0.3) is 11.8 Å². The second kappa shape index (κ2) is 8.56. The number of anilines is 1. The highest BCUT2D eigenvalue weighted by Gasteiger charge is 2.40. The molecule has 2 fully saturated rings. The Morgan fingerprint density at radius 1 is 1.10 bits per heavy atom. The summed E-state index contributed by atoms with van der Waals surface area (Å²) in [5.41, 5.74) is -0.259. The predicted octanol–water partition coefficient (Wildman–Crippen LogP) is 2.58. The molecule has 0 unspecified atom stereocenters. The van der Waals surface area contributed by atoms with Gasteiger partial charge in [0.05, 0.1) is 11.8 Å². The van der Waals surface area contributed by atoms with Gasteiger partial charge in [-0.1, -0.05) is 12.8 Å². The maximum absolute atomic E-state index is 13.0. The van der Waals surface area contributed by atoms with Gasteiger partial charge in [-0.2, -0.15) is 13.2 Å². The summed E-state index contributed by atoms with van der Waals surface area (Å²) in [6, 6.07) is 4.31. The van der Waals surface area contributed by atoms with Crippen molar-refractivity contribution in [2.24, 2.45) is 5.92 Å². The second-order valence-electron chi connectivity index (χ2n) is 7.71. The Balaban J connectivity index is 1.31. The van der Waals surface area contributed by atoms with Crippen molar-refractivity contribution in [3.8, 4) is 0 Å². The van der Waals surface area contributed by atoms with Crippen molar-refractivity contribution in [3.05, 3.63) is 41.5 Å². The first kappa shape index (κ1) is 21.1. The van der Waals surface area contributed by atoms with Crippen LogP contribution >= 0.6 is 0 Å². The van der Waals surface area contributed by atoms with E-state index in [1.54, 1.807) is 12.1 Å². The topological polar surface area (TPSA) is 91.6 Å². The molecule has 2 amide bonds. The van der Waals surface area contributed by atoms with Crippen LogP contribution in [0.5, 0.6) is 0 Å². The summed E-state index contributed by atoms with van der Waals surface area (Å²) in [4.78, 5) is 27.8. The van der Waals surface area contributed by atoms with Gasteiger partial charge in [0.2, 0.25) is 5.76 Å². The highest BCUT2D eigenvalue weighted by atomic mass is 19.4. The third-order valence-corrected chi connectivity index (χ3v) is 5.46. The quantitative estimate of drug-likeness (QED) is 0.747. The smallest absolute Gasteiger partial charge is 0.450 e. The summed E-state index contributed by atoms with van der Waals surface area (Å²) in [6.07, 6.45) is -0.420. The molecule has 1 saturated carbocycles. The molecule has 8 nitrogen and oxygen atoms in total. The molecule has 1 saturated heterocycles. The fraction of sp³-hybridized carbons (Fsp3) is 0.500. The number of furan rings is 1. The predicted molar refractivity (Wildman–Crippen MR) is 104 cm³/mol. The monoisotopic (exact) mass is 437 g/mol. The standard InChI is InChI=1S/C20H22F3N5O3/c21-20(22,23)17-14(6-12-31-17)19(30)28-10-8-27(9-11-28)16-4-3-15(25-26-16)18(29)24-7-5-13-1-2-13/h3-4,6,12-13H,1-2,5,7-11H2,(H,24,29). The molecule has 166 valence electrons. The summed E-state index contributed by atoms with van der Waals surface area (Å²) in [5, 5.41) is 10.9. The Bertz CT molecular complexity index is 932. The molecule has 0 bridgehead atoms. The zero-order valence-corrected chi connectivity index (χ0v) is 16.7. The van der Waals surface area contributed by atoms with Crippen molar-refractivity contribution in [2.45, 2.75) is 25.4 Å². The molecular formula is C20H22F3N5O3. The molecule has 0 radical (unpaired) electrons. The van der Waals surface area contributed by atoms with Crippen molar-refractivity contribution < 1.29 is 27.2 Å². The third kappa shape index (κ3) is 4.97. The first-order chi connectivity index (χ1) is 14.8. The van der Waals surface area contributed by atoms with Crippen LogP contribution in [0.4, 0.5) is 19.0 Å². The van der Waals surface area contributed by atoms with Crippen LogP contribution in [-0.2, 0) is 6.18 Å². The first-order valence-electron chi connectivity index (χ1n) is 10.1. The first-order valence-corrected chi connectivity index (χ1v) is 10.1. The fourth-order valence-corrected chi connectivity index (χ4v) is 3.51. The molecule has 4 rings (SSSR count). The average molecular weight is 437 g/mol. The van der Waals surface area contributed by atoms with E-state index in [-0.39, 0.29) is 24.7 Å². The number of amides is 2. The molecule has 31 heavy (non-hydrogen) atoms. The van der Waals surface area contributed by atoms with Gasteiger partial charge in [-0.05, 0) is 30.5 Å². The van der Waals surface area contributed by atoms with E-state index in [4.69, 9.17) is 0 Å². The molecule has 1 aliphatic carbocycles. The van der Waals surface area contributed by atoms with E-state index >= 15 is 0 Å². The molecule has 11 heteroatoms. The maximum atomic E-state index is 13.0. The number of nitrogens with zero attached hydrogens (tertiary/aromatic N) is 4. The van der Waals surface area contributed by atoms with Gasteiger partial charge in [-0.25, -0.2) is 0 Å². The summed E-state index contributed by atoms with van der Waals surface area (Å²) < 4.78 is 43.4. The number of carbonyl (C=O) groups excluding carboxylic acids is 2. The SMILES string of the molecule is O=C(NCCC1CC1)c1ccc(N2CCN(C(=O)c3ccoc3C(F)(F)F)CC2)nn1. The number of rotatable bonds is 6. The minimum absolute atomic E-state index is 0.229. The van der Waals surface area contributed by atoms with Crippen molar-refractivity contribution in [3.63, 3.8) is 0 Å². The molecule has 0 aromatic carbocycles. The fourth-order valence-electron chi connectivity index (χ4n) is 3.51. The zero-order valence-electron chi connectivity index (χ0n) is 16.7. The Morgan fingerprint density at radius 2 is 1.84 bits per heavy atom. The Hall–Kier alpha value is -3.11. The van der Waals surface area contributed by atoms with Crippen LogP contribution in [0.3, 0.4) is 0 Å². The Kier molecular flexibility index (Phi) is 5.84. The van der Waals surface area contributed by atoms with E-state index in [1.165, 1.54) is 17.7 Å². The van der Waals surface area contributed by atoms with E-state index in [0.717, 1.165) is 24.7 Å². The lowest BCUT2D eigenvalue weighted by molar-refractivity contribution is -0.153. The van der Waals surface area contributed by atoms with Crippen molar-refractivity contribution in [2.75, 3.05) is 37.6 Å². The van der Waals surface area contributed by atoms with Crippen LogP contribution in [0.2, 0.25) is 0 Å². The molecule has 1 aliphatic heterocycles. The number of carbonyl (C=O) groups is 2. The molecule has 0 spiro atoms. The normalized spacial score (nSPS) is 17.0. The van der Waals surface area contributed by atoms with Crippen LogP contribution in [0.15, 0.2) is 28.9 Å². The number of aromatic nitrogens is 2. The Morgan fingerprint density at radius 3 is 2.45 bits per heavy atom. The minimum Gasteiger partial charge on any atom is -0.459 e. The van der Waals surface area contributed by atoms with Gasteiger partial charge in [0, 0.05) is 32.7 Å². The van der Waals surface area contributed by atoms with Crippen LogP contribution in [0, 0.1) is 5.92 Å². The number of hydrogen-bond donors (Lipinski definition) is 1. The molecule has 2 aromatic heterocycles. The molecule has 1 N–H and O–H groups in total. The number of halogens is 3. The van der Waals surface area contributed by atoms with Gasteiger partial charge in [0.15, 0.2) is 11.5 Å². The summed E-state index contributed by atoms with van der Waals surface area (Å²) >= 11 is 0. The van der Waals surface area contributed by atoms with Crippen molar-refractivity contribution >= 4 is 17.6 Å². The molecule has 2 aromatic rings. The van der Waals surface area contributed by atoms with E-state index in [0.29, 0.717) is 25.5 Å². The third-order valence-electron chi connectivity index (χ3n) is 5.46. The van der Waals surface area contributed by atoms with Crippen LogP contribution in [-0.4, -0.2) is 59.6 Å². The average Bonchev–Trinajstić information content (AvgIpc) is 3.44. The van der Waals surface area contributed by atoms with Gasteiger partial charge >= 0.3 is 6.18 Å². The lowest BCUT2D eigenvalue weighted by Gasteiger charge is -2.35. The largest absolute Gasteiger partial charge is 0.459 e. The van der Waals surface area contributed by atoms with Gasteiger partial charge < -0.3 is 19.5 Å². The van der Waals surface area contributed by atoms with Crippen LogP contribution < -0.4 is 10.2 Å². The minimum atomic E-state index is -4.72. The van der Waals surface area contributed by atoms with Gasteiger partial charge in [0.1, 0.15) is 0 Å². The highest BCUT2D eigenvalue weighted by molar-refractivity contribution is 5.95. The summed E-state index contributed by atoms with van der Waals surface area (Å²) in [7, 11) is 0.